The van der Waals surface area contributed by atoms with Crippen molar-refractivity contribution in [2.45, 2.75) is 43.7 Å². The number of hydrogen-bond donors (Lipinski definition) is 1. The van der Waals surface area contributed by atoms with Crippen LogP contribution in [0, 0.1) is 0 Å². The van der Waals surface area contributed by atoms with Crippen LogP contribution in [0.3, 0.4) is 0 Å². The van der Waals surface area contributed by atoms with Crippen molar-refractivity contribution >= 4 is 39.3 Å². The topological polar surface area (TPSA) is 104 Å². The number of hydrogen-bond acceptors (Lipinski definition) is 5. The summed E-state index contributed by atoms with van der Waals surface area (Å²) >= 11 is 6.42. The van der Waals surface area contributed by atoms with Crippen molar-refractivity contribution in [3.63, 3.8) is 0 Å². The Kier molecular flexibility index (Phi) is 9.04. The van der Waals surface area contributed by atoms with E-state index < -0.39 is 34.4 Å². The third-order valence-electron chi connectivity index (χ3n) is 6.59. The SMILES string of the molecule is CCCCNC(=O)[C@@H](Cc1ccccc1)N(Cc1ccccc1Cl)C(=O)CN1C(=O)c2ccccc2S1(=O)=O. The van der Waals surface area contributed by atoms with Crippen LogP contribution >= 0.6 is 11.6 Å². The number of nitrogens with zero attached hydrogens (tertiary/aromatic N) is 2. The number of amides is 3. The van der Waals surface area contributed by atoms with Crippen LogP contribution in [-0.4, -0.2) is 54.5 Å². The molecule has 10 heteroatoms. The van der Waals surface area contributed by atoms with Gasteiger partial charge in [0.05, 0.1) is 5.56 Å². The van der Waals surface area contributed by atoms with Gasteiger partial charge in [-0.1, -0.05) is 85.6 Å². The van der Waals surface area contributed by atoms with Crippen molar-refractivity contribution in [1.82, 2.24) is 14.5 Å². The molecule has 0 saturated carbocycles. The summed E-state index contributed by atoms with van der Waals surface area (Å²) in [7, 11) is -4.22. The fourth-order valence-corrected chi connectivity index (χ4v) is 6.18. The summed E-state index contributed by atoms with van der Waals surface area (Å²) in [4.78, 5) is 41.6. The van der Waals surface area contributed by atoms with E-state index in [0.29, 0.717) is 21.4 Å². The summed E-state index contributed by atoms with van der Waals surface area (Å²) in [5.74, 6) is -1.83. The van der Waals surface area contributed by atoms with E-state index in [-0.39, 0.29) is 29.3 Å². The van der Waals surface area contributed by atoms with Crippen molar-refractivity contribution in [2.24, 2.45) is 0 Å². The molecule has 1 atom stereocenters. The van der Waals surface area contributed by atoms with Gasteiger partial charge in [-0.3, -0.25) is 14.4 Å². The molecule has 0 fully saturated rings. The first-order valence-electron chi connectivity index (χ1n) is 12.7. The Hall–Kier alpha value is -3.69. The molecule has 39 heavy (non-hydrogen) atoms. The van der Waals surface area contributed by atoms with Gasteiger partial charge < -0.3 is 10.2 Å². The van der Waals surface area contributed by atoms with Gasteiger partial charge in [-0.05, 0) is 35.7 Å². The van der Waals surface area contributed by atoms with Crippen molar-refractivity contribution in [2.75, 3.05) is 13.1 Å². The van der Waals surface area contributed by atoms with Gasteiger partial charge in [0.2, 0.25) is 11.8 Å². The van der Waals surface area contributed by atoms with Gasteiger partial charge in [-0.25, -0.2) is 12.7 Å². The quantitative estimate of drug-likeness (QED) is 0.352. The van der Waals surface area contributed by atoms with Gasteiger partial charge in [0.1, 0.15) is 17.5 Å². The first kappa shape index (κ1) is 28.3. The van der Waals surface area contributed by atoms with Gasteiger partial charge in [0.25, 0.3) is 15.9 Å². The largest absolute Gasteiger partial charge is 0.354 e. The van der Waals surface area contributed by atoms with Crippen molar-refractivity contribution in [3.05, 3.63) is 101 Å². The van der Waals surface area contributed by atoms with Gasteiger partial charge >= 0.3 is 0 Å². The Morgan fingerprint density at radius 3 is 2.33 bits per heavy atom. The molecule has 0 aliphatic carbocycles. The molecule has 1 heterocycles. The van der Waals surface area contributed by atoms with Crippen LogP contribution in [0.5, 0.6) is 0 Å². The zero-order valence-electron chi connectivity index (χ0n) is 21.5. The number of carbonyl (C=O) groups is 3. The minimum atomic E-state index is -4.22. The number of unbranched alkanes of at least 4 members (excludes halogenated alkanes) is 1. The predicted molar refractivity (Wildman–Crippen MR) is 149 cm³/mol. The van der Waals surface area contributed by atoms with E-state index in [0.717, 1.165) is 18.4 Å². The third kappa shape index (κ3) is 6.32. The highest BCUT2D eigenvalue weighted by molar-refractivity contribution is 7.90. The molecule has 0 unspecified atom stereocenters. The van der Waals surface area contributed by atoms with Crippen LogP contribution in [0.25, 0.3) is 0 Å². The Morgan fingerprint density at radius 1 is 0.974 bits per heavy atom. The van der Waals surface area contributed by atoms with E-state index in [1.807, 2.05) is 37.3 Å². The molecular weight excluding hydrogens is 538 g/mol. The lowest BCUT2D eigenvalue weighted by atomic mass is 10.0. The second-order valence-electron chi connectivity index (χ2n) is 9.28. The van der Waals surface area contributed by atoms with Crippen LogP contribution < -0.4 is 5.32 Å². The minimum absolute atomic E-state index is 0.0149. The number of nitrogens with one attached hydrogen (secondary N) is 1. The standard InChI is InChI=1S/C29H30ClN3O5S/c1-2-3-17-31-28(35)25(18-21-11-5-4-6-12-21)32(19-22-13-7-9-15-24(22)30)27(34)20-33-29(36)23-14-8-10-16-26(23)39(33,37)38/h4-16,25H,2-3,17-20H2,1H3,(H,31,35)/t25-/m1/s1. The van der Waals surface area contributed by atoms with Crippen LogP contribution in [0.4, 0.5) is 0 Å². The van der Waals surface area contributed by atoms with Crippen molar-refractivity contribution < 1.29 is 22.8 Å². The fourth-order valence-electron chi connectivity index (χ4n) is 4.47. The maximum absolute atomic E-state index is 13.9. The number of carbonyl (C=O) groups excluding carboxylic acids is 3. The fraction of sp³-hybridized carbons (Fsp3) is 0.276. The molecule has 3 amide bonds. The van der Waals surface area contributed by atoms with E-state index in [1.54, 1.807) is 30.3 Å². The predicted octanol–water partition coefficient (Wildman–Crippen LogP) is 4.04. The second kappa shape index (κ2) is 12.4. The number of halogens is 1. The van der Waals surface area contributed by atoms with Gasteiger partial charge in [0.15, 0.2) is 0 Å². The van der Waals surface area contributed by atoms with Crippen LogP contribution in [0.2, 0.25) is 5.02 Å². The molecule has 4 rings (SSSR count). The highest BCUT2D eigenvalue weighted by Gasteiger charge is 2.43. The van der Waals surface area contributed by atoms with E-state index in [9.17, 15) is 22.8 Å². The van der Waals surface area contributed by atoms with E-state index in [4.69, 9.17) is 11.6 Å². The molecule has 3 aromatic carbocycles. The average molecular weight is 568 g/mol. The molecule has 0 bridgehead atoms. The highest BCUT2D eigenvalue weighted by Crippen LogP contribution is 2.30. The van der Waals surface area contributed by atoms with E-state index >= 15 is 0 Å². The summed E-state index contributed by atoms with van der Waals surface area (Å²) in [6, 6.07) is 21.1. The van der Waals surface area contributed by atoms with E-state index in [1.165, 1.54) is 23.1 Å². The molecule has 0 radical (unpaired) electrons. The summed E-state index contributed by atoms with van der Waals surface area (Å²) in [6.07, 6.45) is 1.83. The maximum Gasteiger partial charge on any atom is 0.269 e. The Bertz CT molecular complexity index is 1460. The molecule has 8 nitrogen and oxygen atoms in total. The molecule has 1 aliphatic rings. The number of benzene rings is 3. The minimum Gasteiger partial charge on any atom is -0.354 e. The molecule has 204 valence electrons. The smallest absolute Gasteiger partial charge is 0.269 e. The summed E-state index contributed by atoms with van der Waals surface area (Å²) in [5.41, 5.74) is 1.43. The lowest BCUT2D eigenvalue weighted by molar-refractivity contribution is -0.141. The first-order chi connectivity index (χ1) is 18.7. The molecule has 1 aliphatic heterocycles. The molecule has 0 saturated heterocycles. The molecule has 0 spiro atoms. The average Bonchev–Trinajstić information content (AvgIpc) is 3.12. The highest BCUT2D eigenvalue weighted by atomic mass is 35.5. The Labute approximate surface area is 233 Å². The Morgan fingerprint density at radius 2 is 1.64 bits per heavy atom. The van der Waals surface area contributed by atoms with Crippen molar-refractivity contribution in [3.8, 4) is 0 Å². The zero-order valence-corrected chi connectivity index (χ0v) is 23.1. The number of rotatable bonds is 11. The number of sulfonamides is 1. The maximum atomic E-state index is 13.9. The Balaban J connectivity index is 1.70. The summed E-state index contributed by atoms with van der Waals surface area (Å²) in [6.45, 7) is 1.65. The second-order valence-corrected chi connectivity index (χ2v) is 11.5. The lowest BCUT2D eigenvalue weighted by Gasteiger charge is -2.32. The van der Waals surface area contributed by atoms with Gasteiger partial charge in [-0.15, -0.1) is 0 Å². The lowest BCUT2D eigenvalue weighted by Crippen LogP contribution is -2.53. The van der Waals surface area contributed by atoms with Crippen LogP contribution in [-0.2, 0) is 32.6 Å². The molecule has 3 aromatic rings. The van der Waals surface area contributed by atoms with E-state index in [2.05, 4.69) is 5.32 Å². The van der Waals surface area contributed by atoms with Crippen molar-refractivity contribution in [1.29, 1.82) is 0 Å². The third-order valence-corrected chi connectivity index (χ3v) is 8.75. The van der Waals surface area contributed by atoms with Gasteiger partial charge in [-0.2, -0.15) is 0 Å². The van der Waals surface area contributed by atoms with Crippen LogP contribution in [0.15, 0.2) is 83.8 Å². The molecule has 1 N–H and O–H groups in total. The molecule has 0 aromatic heterocycles. The monoisotopic (exact) mass is 567 g/mol. The number of fused-ring (bicyclic) bond motifs is 1. The van der Waals surface area contributed by atoms with Crippen LogP contribution in [0.1, 0.15) is 41.3 Å². The molecular formula is C29H30ClN3O5S. The summed E-state index contributed by atoms with van der Waals surface area (Å²) in [5, 5.41) is 3.31. The normalized spacial score (nSPS) is 14.5. The first-order valence-corrected chi connectivity index (χ1v) is 14.6. The zero-order chi connectivity index (χ0) is 28.0. The van der Waals surface area contributed by atoms with Gasteiger partial charge in [0, 0.05) is 24.5 Å². The summed E-state index contributed by atoms with van der Waals surface area (Å²) < 4.78 is 26.9.